The molecular weight excluding hydrogens is 655 g/mol. The summed E-state index contributed by atoms with van der Waals surface area (Å²) in [6.45, 7) is 4.16. The van der Waals surface area contributed by atoms with Gasteiger partial charge in [-0.15, -0.1) is 0 Å². The van der Waals surface area contributed by atoms with E-state index in [-0.39, 0.29) is 6.61 Å². The van der Waals surface area contributed by atoms with Crippen molar-refractivity contribution in [1.82, 2.24) is 5.32 Å². The number of nitrogens with one attached hydrogen (secondary N) is 1. The third-order valence-electron chi connectivity index (χ3n) is 10.7. The third kappa shape index (κ3) is 38.6. The van der Waals surface area contributed by atoms with E-state index in [0.29, 0.717) is 6.42 Å². The topological polar surface area (TPSA) is 89.8 Å². The molecule has 0 bridgehead atoms. The van der Waals surface area contributed by atoms with E-state index in [4.69, 9.17) is 0 Å². The number of amides is 1. The van der Waals surface area contributed by atoms with Crippen molar-refractivity contribution in [3.05, 3.63) is 36.5 Å². The molecule has 3 atom stereocenters. The van der Waals surface area contributed by atoms with Crippen molar-refractivity contribution >= 4 is 5.91 Å². The molecule has 0 saturated heterocycles. The van der Waals surface area contributed by atoms with Gasteiger partial charge in [-0.2, -0.15) is 0 Å². The van der Waals surface area contributed by atoms with Gasteiger partial charge in [0.05, 0.1) is 18.8 Å². The molecule has 0 aromatic rings. The van der Waals surface area contributed by atoms with E-state index in [1.165, 1.54) is 173 Å². The Bertz CT molecular complexity index is 824. The first kappa shape index (κ1) is 51.6. The molecular formula is C48H91NO4. The zero-order chi connectivity index (χ0) is 38.7. The number of carbonyl (C=O) groups excluding carboxylic acids is 1. The highest BCUT2D eigenvalue weighted by Gasteiger charge is 2.22. The van der Waals surface area contributed by atoms with E-state index in [2.05, 4.69) is 43.5 Å². The van der Waals surface area contributed by atoms with Gasteiger partial charge in [0.25, 0.3) is 0 Å². The number of hydrogen-bond donors (Lipinski definition) is 4. The molecule has 0 aliphatic rings. The van der Waals surface area contributed by atoms with Crippen molar-refractivity contribution in [2.24, 2.45) is 0 Å². The smallest absolute Gasteiger partial charge is 0.249 e. The van der Waals surface area contributed by atoms with E-state index < -0.39 is 24.2 Å². The first-order valence-corrected chi connectivity index (χ1v) is 23.3. The highest BCUT2D eigenvalue weighted by molar-refractivity contribution is 5.80. The zero-order valence-corrected chi connectivity index (χ0v) is 35.4. The molecule has 0 aliphatic carbocycles. The third-order valence-corrected chi connectivity index (χ3v) is 10.7. The molecule has 0 aliphatic heterocycles. The number of rotatable bonds is 42. The van der Waals surface area contributed by atoms with Crippen LogP contribution in [0.25, 0.3) is 0 Å². The molecule has 312 valence electrons. The van der Waals surface area contributed by atoms with E-state index >= 15 is 0 Å². The monoisotopic (exact) mass is 746 g/mol. The van der Waals surface area contributed by atoms with Crippen LogP contribution in [-0.2, 0) is 4.79 Å². The number of hydrogen-bond acceptors (Lipinski definition) is 4. The minimum Gasteiger partial charge on any atom is -0.394 e. The molecule has 0 radical (unpaired) electrons. The minimum absolute atomic E-state index is 0.378. The van der Waals surface area contributed by atoms with E-state index in [0.717, 1.165) is 44.9 Å². The maximum absolute atomic E-state index is 12.4. The van der Waals surface area contributed by atoms with Crippen molar-refractivity contribution in [1.29, 1.82) is 0 Å². The van der Waals surface area contributed by atoms with Crippen LogP contribution in [0, 0.1) is 0 Å². The molecule has 4 N–H and O–H groups in total. The first-order valence-electron chi connectivity index (χ1n) is 23.3. The zero-order valence-electron chi connectivity index (χ0n) is 35.4. The van der Waals surface area contributed by atoms with Gasteiger partial charge in [0.1, 0.15) is 6.10 Å². The van der Waals surface area contributed by atoms with Gasteiger partial charge in [0.2, 0.25) is 5.91 Å². The molecule has 0 fully saturated rings. The summed E-state index contributed by atoms with van der Waals surface area (Å²) in [7, 11) is 0. The summed E-state index contributed by atoms with van der Waals surface area (Å²) in [5.41, 5.74) is 0. The molecule has 5 nitrogen and oxygen atoms in total. The predicted octanol–water partition coefficient (Wildman–Crippen LogP) is 13.5. The molecule has 0 saturated carbocycles. The number of unbranched alkanes of at least 4 members (excludes halogenated alkanes) is 30. The van der Waals surface area contributed by atoms with Gasteiger partial charge in [-0.05, 0) is 57.8 Å². The Morgan fingerprint density at radius 1 is 0.453 bits per heavy atom. The number of aliphatic hydroxyl groups excluding tert-OH is 3. The van der Waals surface area contributed by atoms with Crippen LogP contribution in [0.5, 0.6) is 0 Å². The molecule has 0 spiro atoms. The number of aliphatic hydroxyl groups is 3. The summed E-state index contributed by atoms with van der Waals surface area (Å²) in [4.78, 5) is 12.4. The van der Waals surface area contributed by atoms with Crippen LogP contribution in [0.1, 0.15) is 239 Å². The van der Waals surface area contributed by atoms with Crippen molar-refractivity contribution in [2.75, 3.05) is 6.61 Å². The predicted molar refractivity (Wildman–Crippen MR) is 231 cm³/mol. The van der Waals surface area contributed by atoms with Gasteiger partial charge < -0.3 is 20.6 Å². The Morgan fingerprint density at radius 3 is 1.17 bits per heavy atom. The highest BCUT2D eigenvalue weighted by atomic mass is 16.3. The van der Waals surface area contributed by atoms with Crippen molar-refractivity contribution in [3.63, 3.8) is 0 Å². The first-order chi connectivity index (χ1) is 26.1. The molecule has 0 aromatic heterocycles. The second-order valence-electron chi connectivity index (χ2n) is 16.0. The van der Waals surface area contributed by atoms with Gasteiger partial charge in [-0.25, -0.2) is 0 Å². The van der Waals surface area contributed by atoms with Crippen LogP contribution in [0.4, 0.5) is 0 Å². The Hall–Kier alpha value is -1.43. The van der Waals surface area contributed by atoms with Gasteiger partial charge in [0, 0.05) is 0 Å². The number of allylic oxidation sites excluding steroid dienone is 5. The highest BCUT2D eigenvalue weighted by Crippen LogP contribution is 2.16. The normalized spacial score (nSPS) is 13.8. The van der Waals surface area contributed by atoms with Crippen LogP contribution in [0.2, 0.25) is 0 Å². The van der Waals surface area contributed by atoms with Crippen LogP contribution < -0.4 is 5.32 Å². The molecule has 1 amide bonds. The number of carbonyl (C=O) groups is 1. The summed E-state index contributed by atoms with van der Waals surface area (Å²) in [5, 5.41) is 33.1. The maximum Gasteiger partial charge on any atom is 0.249 e. The maximum atomic E-state index is 12.4. The Balaban J connectivity index is 3.66. The quantitative estimate of drug-likeness (QED) is 0.0370. The second-order valence-corrected chi connectivity index (χ2v) is 16.0. The average molecular weight is 746 g/mol. The van der Waals surface area contributed by atoms with Crippen molar-refractivity contribution in [3.8, 4) is 0 Å². The summed E-state index contributed by atoms with van der Waals surface area (Å²) in [6.07, 6.45) is 54.8. The van der Waals surface area contributed by atoms with E-state index in [1.54, 1.807) is 6.08 Å². The molecule has 0 rings (SSSR count). The average Bonchev–Trinajstić information content (AvgIpc) is 3.16. The summed E-state index contributed by atoms with van der Waals surface area (Å²) in [6, 6.07) is -0.816. The summed E-state index contributed by atoms with van der Waals surface area (Å²) >= 11 is 0. The lowest BCUT2D eigenvalue weighted by molar-refractivity contribution is -0.131. The fraction of sp³-hybridized carbons (Fsp3) is 0.854. The van der Waals surface area contributed by atoms with Crippen molar-refractivity contribution in [2.45, 2.75) is 257 Å². The molecule has 3 unspecified atom stereocenters. The fourth-order valence-corrected chi connectivity index (χ4v) is 7.02. The van der Waals surface area contributed by atoms with Crippen LogP contribution >= 0.6 is 0 Å². The van der Waals surface area contributed by atoms with E-state index in [1.807, 2.05) is 6.08 Å². The van der Waals surface area contributed by atoms with Crippen LogP contribution in [-0.4, -0.2) is 46.1 Å². The largest absolute Gasteiger partial charge is 0.394 e. The van der Waals surface area contributed by atoms with Gasteiger partial charge in [-0.3, -0.25) is 4.79 Å². The SMILES string of the molecule is CCCCCC/C=C\CCCCCCCCC(O)C(=O)NC(CO)C(O)/C=C/CC/C=C/CCCCCCCCCCCCCCCCCCCCC. The van der Waals surface area contributed by atoms with Gasteiger partial charge in [-0.1, -0.05) is 217 Å². The fourth-order valence-electron chi connectivity index (χ4n) is 7.02. The summed E-state index contributed by atoms with van der Waals surface area (Å²) in [5.74, 6) is -0.518. The van der Waals surface area contributed by atoms with Gasteiger partial charge in [0.15, 0.2) is 0 Å². The Labute approximate surface area is 330 Å². The van der Waals surface area contributed by atoms with Gasteiger partial charge >= 0.3 is 0 Å². The lowest BCUT2D eigenvalue weighted by Crippen LogP contribution is -2.48. The van der Waals surface area contributed by atoms with Crippen LogP contribution in [0.15, 0.2) is 36.5 Å². The van der Waals surface area contributed by atoms with E-state index in [9.17, 15) is 20.1 Å². The molecule has 0 aromatic carbocycles. The molecule has 5 heteroatoms. The lowest BCUT2D eigenvalue weighted by atomic mass is 10.0. The van der Waals surface area contributed by atoms with Crippen molar-refractivity contribution < 1.29 is 20.1 Å². The minimum atomic E-state index is -1.11. The standard InChI is InChI=1S/C48H91NO4/c1-3-5-7-9-11-13-15-17-19-20-21-22-23-24-25-26-27-28-29-31-32-34-36-38-40-42-46(51)45(44-50)49-48(53)47(52)43-41-39-37-35-33-30-18-16-14-12-10-8-6-4-2/h14,16,32,34,40,42,45-47,50-52H,3-13,15,17-31,33,35-39,41,43-44H2,1-2H3,(H,49,53)/b16-14-,34-32+,42-40+. The summed E-state index contributed by atoms with van der Waals surface area (Å²) < 4.78 is 0. The Kier molecular flexibility index (Phi) is 42.1. The molecule has 53 heavy (non-hydrogen) atoms. The second kappa shape index (κ2) is 43.3. The molecule has 0 heterocycles. The lowest BCUT2D eigenvalue weighted by Gasteiger charge is -2.21. The Morgan fingerprint density at radius 2 is 0.774 bits per heavy atom. The van der Waals surface area contributed by atoms with Crippen LogP contribution in [0.3, 0.4) is 0 Å².